The van der Waals surface area contributed by atoms with Crippen molar-refractivity contribution in [2.24, 2.45) is 0 Å². The van der Waals surface area contributed by atoms with Crippen molar-refractivity contribution in [2.75, 3.05) is 11.6 Å². The molecule has 0 radical (unpaired) electrons. The lowest BCUT2D eigenvalue weighted by molar-refractivity contribution is 0.602. The maximum Gasteiger partial charge on any atom is 0.175 e. The second-order valence-corrected chi connectivity index (χ2v) is 7.55. The Morgan fingerprint density at radius 3 is 2.57 bits per heavy atom. The average molecular weight is 329 g/mol. The molecular formula is C17H19N3O2S. The van der Waals surface area contributed by atoms with Gasteiger partial charge in [-0.2, -0.15) is 0 Å². The Hall–Kier alpha value is -2.34. The van der Waals surface area contributed by atoms with Crippen LogP contribution in [-0.4, -0.2) is 24.1 Å². The van der Waals surface area contributed by atoms with Crippen molar-refractivity contribution in [3.05, 3.63) is 54.5 Å². The highest BCUT2D eigenvalue weighted by molar-refractivity contribution is 7.90. The molecule has 5 nitrogen and oxygen atoms in total. The smallest absolute Gasteiger partial charge is 0.175 e. The largest absolute Gasteiger partial charge is 0.352 e. The summed E-state index contributed by atoms with van der Waals surface area (Å²) in [6, 6.07) is 10.7. The Labute approximate surface area is 135 Å². The molecule has 0 atom stereocenters. The van der Waals surface area contributed by atoms with Crippen LogP contribution in [0.2, 0.25) is 0 Å². The Bertz CT molecular complexity index is 928. The SMILES string of the molecule is CCCc1cnc2c(Nc3ccc(S(C)(=O)=O)cc3)cccn12. The highest BCUT2D eigenvalue weighted by Crippen LogP contribution is 2.23. The summed E-state index contributed by atoms with van der Waals surface area (Å²) in [5.41, 5.74) is 3.76. The number of hydrogen-bond acceptors (Lipinski definition) is 4. The number of benzene rings is 1. The van der Waals surface area contributed by atoms with Gasteiger partial charge in [0.15, 0.2) is 15.5 Å². The van der Waals surface area contributed by atoms with E-state index in [9.17, 15) is 8.42 Å². The molecule has 0 aliphatic heterocycles. The van der Waals surface area contributed by atoms with Crippen molar-refractivity contribution >= 4 is 26.9 Å². The Balaban J connectivity index is 1.92. The highest BCUT2D eigenvalue weighted by atomic mass is 32.2. The maximum absolute atomic E-state index is 11.5. The van der Waals surface area contributed by atoms with Crippen LogP contribution in [0.15, 0.2) is 53.7 Å². The average Bonchev–Trinajstić information content (AvgIpc) is 2.92. The topological polar surface area (TPSA) is 63.5 Å². The normalized spacial score (nSPS) is 11.7. The lowest BCUT2D eigenvalue weighted by atomic mass is 10.2. The van der Waals surface area contributed by atoms with Crippen LogP contribution in [0.5, 0.6) is 0 Å². The van der Waals surface area contributed by atoms with Crippen LogP contribution in [0.25, 0.3) is 5.65 Å². The summed E-state index contributed by atoms with van der Waals surface area (Å²) in [6.07, 6.45) is 7.16. The molecule has 0 bridgehead atoms. The third kappa shape index (κ3) is 3.22. The third-order valence-electron chi connectivity index (χ3n) is 3.68. The van der Waals surface area contributed by atoms with Gasteiger partial charge in [0.1, 0.15) is 0 Å². The Morgan fingerprint density at radius 1 is 1.17 bits per heavy atom. The van der Waals surface area contributed by atoms with Crippen molar-refractivity contribution in [1.29, 1.82) is 0 Å². The van der Waals surface area contributed by atoms with Crippen molar-refractivity contribution in [2.45, 2.75) is 24.7 Å². The van der Waals surface area contributed by atoms with Crippen LogP contribution in [0, 0.1) is 0 Å². The molecule has 0 spiro atoms. The van der Waals surface area contributed by atoms with E-state index in [2.05, 4.69) is 21.6 Å². The number of aryl methyl sites for hydroxylation is 1. The minimum absolute atomic E-state index is 0.312. The van der Waals surface area contributed by atoms with Crippen LogP contribution in [0.4, 0.5) is 11.4 Å². The van der Waals surface area contributed by atoms with Crippen LogP contribution >= 0.6 is 0 Å². The molecule has 0 amide bonds. The summed E-state index contributed by atoms with van der Waals surface area (Å²) in [4.78, 5) is 4.81. The number of rotatable bonds is 5. The van der Waals surface area contributed by atoms with E-state index in [0.717, 1.165) is 29.9 Å². The van der Waals surface area contributed by atoms with Crippen LogP contribution in [0.3, 0.4) is 0 Å². The minimum Gasteiger partial charge on any atom is -0.352 e. The van der Waals surface area contributed by atoms with Crippen molar-refractivity contribution in [3.63, 3.8) is 0 Å². The molecule has 120 valence electrons. The van der Waals surface area contributed by atoms with Gasteiger partial charge in [-0.3, -0.25) is 0 Å². The summed E-state index contributed by atoms with van der Waals surface area (Å²) in [6.45, 7) is 2.14. The number of hydrogen-bond donors (Lipinski definition) is 1. The molecule has 6 heteroatoms. The molecule has 3 rings (SSSR count). The van der Waals surface area contributed by atoms with Gasteiger partial charge in [-0.05, 0) is 42.8 Å². The fourth-order valence-electron chi connectivity index (χ4n) is 2.54. The number of fused-ring (bicyclic) bond motifs is 1. The standard InChI is InChI=1S/C17H19N3O2S/c1-3-5-14-12-18-17-16(6-4-11-20(14)17)19-13-7-9-15(10-8-13)23(2,21)22/h4,6-12,19H,3,5H2,1-2H3. The van der Waals surface area contributed by atoms with Crippen LogP contribution in [0.1, 0.15) is 19.0 Å². The molecule has 0 saturated carbocycles. The van der Waals surface area contributed by atoms with Crippen LogP contribution < -0.4 is 5.32 Å². The maximum atomic E-state index is 11.5. The molecule has 3 aromatic rings. The van der Waals surface area contributed by atoms with Gasteiger partial charge in [0.2, 0.25) is 0 Å². The quantitative estimate of drug-likeness (QED) is 0.779. The van der Waals surface area contributed by atoms with Gasteiger partial charge in [0, 0.05) is 30.0 Å². The summed E-state index contributed by atoms with van der Waals surface area (Å²) in [7, 11) is -3.17. The first kappa shape index (κ1) is 15.6. The molecule has 2 aromatic heterocycles. The van der Waals surface area contributed by atoms with E-state index in [1.807, 2.05) is 24.5 Å². The first-order chi connectivity index (χ1) is 11.0. The predicted molar refractivity (Wildman–Crippen MR) is 92.0 cm³/mol. The fourth-order valence-corrected chi connectivity index (χ4v) is 3.17. The summed E-state index contributed by atoms with van der Waals surface area (Å²) in [5.74, 6) is 0. The predicted octanol–water partition coefficient (Wildman–Crippen LogP) is 3.43. The Kier molecular flexibility index (Phi) is 4.09. The van der Waals surface area contributed by atoms with Gasteiger partial charge in [-0.15, -0.1) is 0 Å². The van der Waals surface area contributed by atoms with Gasteiger partial charge < -0.3 is 9.72 Å². The third-order valence-corrected chi connectivity index (χ3v) is 4.81. The zero-order valence-electron chi connectivity index (χ0n) is 13.2. The monoisotopic (exact) mass is 329 g/mol. The van der Waals surface area contributed by atoms with Gasteiger partial charge >= 0.3 is 0 Å². The molecule has 0 aliphatic rings. The number of aromatic nitrogens is 2. The zero-order valence-corrected chi connectivity index (χ0v) is 14.0. The highest BCUT2D eigenvalue weighted by Gasteiger charge is 2.09. The van der Waals surface area contributed by atoms with Crippen molar-refractivity contribution in [1.82, 2.24) is 9.38 Å². The van der Waals surface area contributed by atoms with E-state index < -0.39 is 9.84 Å². The van der Waals surface area contributed by atoms with E-state index in [-0.39, 0.29) is 0 Å². The van der Waals surface area contributed by atoms with E-state index in [1.165, 1.54) is 11.9 Å². The number of sulfone groups is 1. The van der Waals surface area contributed by atoms with E-state index in [4.69, 9.17) is 0 Å². The number of imidazole rings is 1. The zero-order chi connectivity index (χ0) is 16.4. The summed E-state index contributed by atoms with van der Waals surface area (Å²) < 4.78 is 25.1. The summed E-state index contributed by atoms with van der Waals surface area (Å²) in [5, 5.41) is 3.30. The van der Waals surface area contributed by atoms with Crippen molar-refractivity contribution in [3.8, 4) is 0 Å². The molecule has 23 heavy (non-hydrogen) atoms. The number of anilines is 2. The molecule has 1 N–H and O–H groups in total. The molecule has 2 heterocycles. The Morgan fingerprint density at radius 2 is 1.91 bits per heavy atom. The molecule has 0 unspecified atom stereocenters. The van der Waals surface area contributed by atoms with Gasteiger partial charge in [-0.1, -0.05) is 13.3 Å². The van der Waals surface area contributed by atoms with Crippen molar-refractivity contribution < 1.29 is 8.42 Å². The fraction of sp³-hybridized carbons (Fsp3) is 0.235. The lowest BCUT2D eigenvalue weighted by Crippen LogP contribution is -1.99. The van der Waals surface area contributed by atoms with E-state index in [0.29, 0.717) is 4.90 Å². The molecule has 0 fully saturated rings. The van der Waals surface area contributed by atoms with Gasteiger partial charge in [0.25, 0.3) is 0 Å². The molecule has 0 aliphatic carbocycles. The first-order valence-corrected chi connectivity index (χ1v) is 9.40. The first-order valence-electron chi connectivity index (χ1n) is 7.51. The number of nitrogens with zero attached hydrogens (tertiary/aromatic N) is 2. The van der Waals surface area contributed by atoms with E-state index in [1.54, 1.807) is 24.3 Å². The number of pyridine rings is 1. The molecule has 1 aromatic carbocycles. The second kappa shape index (κ2) is 6.04. The minimum atomic E-state index is -3.17. The van der Waals surface area contributed by atoms with Gasteiger partial charge in [-0.25, -0.2) is 13.4 Å². The van der Waals surface area contributed by atoms with E-state index >= 15 is 0 Å². The summed E-state index contributed by atoms with van der Waals surface area (Å²) >= 11 is 0. The van der Waals surface area contributed by atoms with Crippen LogP contribution in [-0.2, 0) is 16.3 Å². The number of nitrogens with one attached hydrogen (secondary N) is 1. The molecular weight excluding hydrogens is 310 g/mol. The van der Waals surface area contributed by atoms with Gasteiger partial charge in [0.05, 0.1) is 10.6 Å². The molecule has 0 saturated heterocycles. The lowest BCUT2D eigenvalue weighted by Gasteiger charge is -2.09. The second-order valence-electron chi connectivity index (χ2n) is 5.54.